The molecule has 1 saturated heterocycles. The molecular formula is C12H24N2. The van der Waals surface area contributed by atoms with Gasteiger partial charge < -0.3 is 10.2 Å². The minimum atomic E-state index is 0.514. The molecule has 2 rings (SSSR count). The predicted octanol–water partition coefficient (Wildman–Crippen LogP) is 1.72. The molecule has 0 aromatic carbocycles. The molecule has 14 heavy (non-hydrogen) atoms. The smallest absolute Gasteiger partial charge is 0.0107 e. The summed E-state index contributed by atoms with van der Waals surface area (Å²) in [7, 11) is 0. The lowest BCUT2D eigenvalue weighted by Gasteiger charge is -2.46. The first-order chi connectivity index (χ1) is 6.55. The molecule has 1 aliphatic heterocycles. The van der Waals surface area contributed by atoms with E-state index in [9.17, 15) is 0 Å². The van der Waals surface area contributed by atoms with Crippen molar-refractivity contribution in [2.45, 2.75) is 39.7 Å². The van der Waals surface area contributed by atoms with Crippen LogP contribution < -0.4 is 5.32 Å². The summed E-state index contributed by atoms with van der Waals surface area (Å²) >= 11 is 0. The summed E-state index contributed by atoms with van der Waals surface area (Å²) < 4.78 is 0. The van der Waals surface area contributed by atoms with Crippen LogP contribution in [-0.2, 0) is 0 Å². The van der Waals surface area contributed by atoms with E-state index < -0.39 is 0 Å². The largest absolute Gasteiger partial charge is 0.313 e. The van der Waals surface area contributed by atoms with E-state index in [-0.39, 0.29) is 0 Å². The second-order valence-electron chi connectivity index (χ2n) is 6.05. The molecule has 0 atom stereocenters. The molecule has 1 aliphatic carbocycles. The van der Waals surface area contributed by atoms with Crippen molar-refractivity contribution in [1.29, 1.82) is 0 Å². The topological polar surface area (TPSA) is 15.3 Å². The van der Waals surface area contributed by atoms with Gasteiger partial charge in [-0.25, -0.2) is 0 Å². The zero-order chi connectivity index (χ0) is 10.2. The lowest BCUT2D eigenvalue weighted by molar-refractivity contribution is 0.0259. The Balaban J connectivity index is 1.54. The lowest BCUT2D eigenvalue weighted by Crippen LogP contribution is -2.53. The molecule has 0 aromatic rings. The lowest BCUT2D eigenvalue weighted by atomic mass is 9.76. The number of hydrogen-bond donors (Lipinski definition) is 1. The highest BCUT2D eigenvalue weighted by molar-refractivity contribution is 4.88. The van der Waals surface area contributed by atoms with Gasteiger partial charge in [-0.15, -0.1) is 0 Å². The van der Waals surface area contributed by atoms with Gasteiger partial charge >= 0.3 is 0 Å². The predicted molar refractivity (Wildman–Crippen MR) is 60.4 cm³/mol. The second kappa shape index (κ2) is 3.82. The molecule has 1 saturated carbocycles. The van der Waals surface area contributed by atoms with Crippen LogP contribution in [0.3, 0.4) is 0 Å². The highest BCUT2D eigenvalue weighted by Crippen LogP contribution is 2.33. The fourth-order valence-corrected chi connectivity index (χ4v) is 2.01. The van der Waals surface area contributed by atoms with Gasteiger partial charge in [-0.1, -0.05) is 20.8 Å². The maximum atomic E-state index is 3.57. The van der Waals surface area contributed by atoms with E-state index >= 15 is 0 Å². The van der Waals surface area contributed by atoms with Crippen molar-refractivity contribution in [1.82, 2.24) is 10.2 Å². The first kappa shape index (κ1) is 10.4. The maximum Gasteiger partial charge on any atom is 0.0107 e. The van der Waals surface area contributed by atoms with Crippen LogP contribution in [0.4, 0.5) is 0 Å². The number of rotatable bonds is 4. The molecule has 2 heteroatoms. The van der Waals surface area contributed by atoms with Crippen LogP contribution in [0.1, 0.15) is 33.6 Å². The Morgan fingerprint density at radius 2 is 1.86 bits per heavy atom. The van der Waals surface area contributed by atoms with E-state index in [4.69, 9.17) is 0 Å². The first-order valence-electron chi connectivity index (χ1n) is 6.01. The number of nitrogens with one attached hydrogen (secondary N) is 1. The number of hydrogen-bond acceptors (Lipinski definition) is 2. The van der Waals surface area contributed by atoms with E-state index in [1.165, 1.54) is 39.0 Å². The molecule has 82 valence electrons. The van der Waals surface area contributed by atoms with E-state index in [0.29, 0.717) is 5.41 Å². The minimum Gasteiger partial charge on any atom is -0.313 e. The van der Waals surface area contributed by atoms with Crippen molar-refractivity contribution in [2.75, 3.05) is 26.2 Å². The monoisotopic (exact) mass is 196 g/mol. The molecule has 0 unspecified atom stereocenters. The molecule has 0 radical (unpaired) electrons. The van der Waals surface area contributed by atoms with E-state index in [1.807, 2.05) is 0 Å². The average molecular weight is 196 g/mol. The number of likely N-dealkylation sites (tertiary alicyclic amines) is 1. The van der Waals surface area contributed by atoms with Gasteiger partial charge in [0, 0.05) is 32.2 Å². The Kier molecular flexibility index (Phi) is 2.85. The zero-order valence-corrected chi connectivity index (χ0v) is 9.84. The summed E-state index contributed by atoms with van der Waals surface area (Å²) in [5, 5.41) is 3.57. The third-order valence-corrected chi connectivity index (χ3v) is 3.62. The van der Waals surface area contributed by atoms with Crippen LogP contribution in [0.2, 0.25) is 0 Å². The highest BCUT2D eigenvalue weighted by Gasteiger charge is 2.35. The molecular weight excluding hydrogens is 172 g/mol. The fraction of sp³-hybridized carbons (Fsp3) is 1.00. The summed E-state index contributed by atoms with van der Waals surface area (Å²) in [6, 6.07) is 0.870. The zero-order valence-electron chi connectivity index (χ0n) is 9.84. The average Bonchev–Trinajstić information content (AvgIpc) is 2.73. The molecule has 2 aliphatic rings. The summed E-state index contributed by atoms with van der Waals surface area (Å²) in [6.45, 7) is 12.2. The van der Waals surface area contributed by atoms with Gasteiger partial charge in [0.05, 0.1) is 0 Å². The molecule has 0 amide bonds. The molecule has 2 nitrogen and oxygen atoms in total. The Morgan fingerprint density at radius 1 is 1.21 bits per heavy atom. The molecule has 1 heterocycles. The second-order valence-corrected chi connectivity index (χ2v) is 6.05. The Labute approximate surface area is 88.1 Å². The molecule has 0 bridgehead atoms. The van der Waals surface area contributed by atoms with Crippen LogP contribution in [-0.4, -0.2) is 37.1 Å². The fourth-order valence-electron chi connectivity index (χ4n) is 2.01. The summed E-state index contributed by atoms with van der Waals surface area (Å²) in [5.41, 5.74) is 0.514. The number of nitrogens with zero attached hydrogens (tertiary/aromatic N) is 1. The van der Waals surface area contributed by atoms with Gasteiger partial charge in [0.1, 0.15) is 0 Å². The van der Waals surface area contributed by atoms with E-state index in [2.05, 4.69) is 31.0 Å². The van der Waals surface area contributed by atoms with Crippen LogP contribution >= 0.6 is 0 Å². The Bertz CT molecular complexity index is 185. The highest BCUT2D eigenvalue weighted by atomic mass is 15.2. The van der Waals surface area contributed by atoms with Gasteiger partial charge in [-0.3, -0.25) is 0 Å². The van der Waals surface area contributed by atoms with Crippen LogP contribution in [0, 0.1) is 11.3 Å². The van der Waals surface area contributed by atoms with Crippen molar-refractivity contribution in [3.05, 3.63) is 0 Å². The van der Waals surface area contributed by atoms with Gasteiger partial charge in [-0.05, 0) is 24.2 Å². The van der Waals surface area contributed by atoms with Crippen molar-refractivity contribution >= 4 is 0 Å². The normalized spacial score (nSPS) is 25.1. The van der Waals surface area contributed by atoms with Crippen molar-refractivity contribution in [2.24, 2.45) is 11.3 Å². The Hall–Kier alpha value is -0.0800. The van der Waals surface area contributed by atoms with Crippen molar-refractivity contribution in [3.63, 3.8) is 0 Å². The molecule has 0 spiro atoms. The van der Waals surface area contributed by atoms with Crippen molar-refractivity contribution in [3.8, 4) is 0 Å². The third-order valence-electron chi connectivity index (χ3n) is 3.62. The van der Waals surface area contributed by atoms with Crippen LogP contribution in [0.25, 0.3) is 0 Å². The van der Waals surface area contributed by atoms with E-state index in [1.54, 1.807) is 0 Å². The molecule has 2 fully saturated rings. The molecule has 1 N–H and O–H groups in total. The Morgan fingerprint density at radius 3 is 2.36 bits per heavy atom. The molecule has 0 aromatic heterocycles. The van der Waals surface area contributed by atoms with Gasteiger partial charge in [-0.2, -0.15) is 0 Å². The van der Waals surface area contributed by atoms with Crippen LogP contribution in [0.5, 0.6) is 0 Å². The first-order valence-corrected chi connectivity index (χ1v) is 6.01. The SMILES string of the molecule is CC(C)(C)C1CN(CCNC2CC2)C1. The minimum absolute atomic E-state index is 0.514. The van der Waals surface area contributed by atoms with Crippen molar-refractivity contribution < 1.29 is 0 Å². The van der Waals surface area contributed by atoms with Gasteiger partial charge in [0.15, 0.2) is 0 Å². The maximum absolute atomic E-state index is 3.57. The third kappa shape index (κ3) is 2.71. The summed E-state index contributed by atoms with van der Waals surface area (Å²) in [4.78, 5) is 2.57. The quantitative estimate of drug-likeness (QED) is 0.736. The van der Waals surface area contributed by atoms with Gasteiger partial charge in [0.2, 0.25) is 0 Å². The standard InChI is InChI=1S/C12H24N2/c1-12(2,3)10-8-14(9-10)7-6-13-11-4-5-11/h10-11,13H,4-9H2,1-3H3. The summed E-state index contributed by atoms with van der Waals surface area (Å²) in [6.07, 6.45) is 2.81. The van der Waals surface area contributed by atoms with E-state index in [0.717, 1.165) is 12.0 Å². The van der Waals surface area contributed by atoms with Crippen LogP contribution in [0.15, 0.2) is 0 Å². The van der Waals surface area contributed by atoms with Gasteiger partial charge in [0.25, 0.3) is 0 Å². The summed E-state index contributed by atoms with van der Waals surface area (Å²) in [5.74, 6) is 0.920.